The van der Waals surface area contributed by atoms with Gasteiger partial charge in [-0.3, -0.25) is 0 Å². The van der Waals surface area contributed by atoms with Crippen molar-refractivity contribution in [2.75, 3.05) is 23.4 Å². The fraction of sp³-hybridized carbons (Fsp3) is 0.571. The lowest BCUT2D eigenvalue weighted by atomic mass is 9.90. The molecule has 2 nitrogen and oxygen atoms in total. The molecule has 2 heterocycles. The van der Waals surface area contributed by atoms with Gasteiger partial charge in [-0.25, -0.2) is 4.39 Å². The minimum atomic E-state index is -0.330. The van der Waals surface area contributed by atoms with E-state index in [1.807, 2.05) is 11.8 Å². The van der Waals surface area contributed by atoms with Gasteiger partial charge in [0.05, 0.1) is 16.3 Å². The highest BCUT2D eigenvalue weighted by Crippen LogP contribution is 2.40. The van der Waals surface area contributed by atoms with Gasteiger partial charge in [-0.15, -0.1) is 0 Å². The maximum absolute atomic E-state index is 13.3. The van der Waals surface area contributed by atoms with Crippen LogP contribution >= 0.6 is 39.3 Å². The van der Waals surface area contributed by atoms with E-state index in [0.29, 0.717) is 15.5 Å². The third-order valence-electron chi connectivity index (χ3n) is 3.92. The molecular formula is C14H16BrClFNOS. The number of thioether (sulfide) groups is 1. The molecule has 0 bridgehead atoms. The van der Waals surface area contributed by atoms with E-state index in [2.05, 4.69) is 21.2 Å². The molecule has 0 aromatic heterocycles. The molecule has 3 rings (SSSR count). The summed E-state index contributed by atoms with van der Waals surface area (Å²) in [6.45, 7) is 0.772. The molecular weight excluding hydrogens is 365 g/mol. The van der Waals surface area contributed by atoms with E-state index in [1.165, 1.54) is 17.9 Å². The van der Waals surface area contributed by atoms with Crippen LogP contribution in [0.25, 0.3) is 0 Å². The molecule has 20 heavy (non-hydrogen) atoms. The zero-order chi connectivity index (χ0) is 14.2. The molecule has 2 fully saturated rings. The van der Waals surface area contributed by atoms with Gasteiger partial charge in [0.15, 0.2) is 0 Å². The van der Waals surface area contributed by atoms with Crippen molar-refractivity contribution in [1.82, 2.24) is 0 Å². The second-order valence-electron chi connectivity index (χ2n) is 5.41. The quantitative estimate of drug-likeness (QED) is 0.803. The highest BCUT2D eigenvalue weighted by Gasteiger charge is 2.40. The van der Waals surface area contributed by atoms with Crippen LogP contribution in [0.2, 0.25) is 5.02 Å². The molecule has 110 valence electrons. The first kappa shape index (κ1) is 14.9. The number of nitrogens with one attached hydrogen (secondary N) is 1. The summed E-state index contributed by atoms with van der Waals surface area (Å²) in [5.41, 5.74) is 0.806. The van der Waals surface area contributed by atoms with Crippen LogP contribution in [0.3, 0.4) is 0 Å². The van der Waals surface area contributed by atoms with E-state index in [1.54, 1.807) is 0 Å². The van der Waals surface area contributed by atoms with Gasteiger partial charge >= 0.3 is 0 Å². The minimum absolute atomic E-state index is 0.0273. The summed E-state index contributed by atoms with van der Waals surface area (Å²) in [4.78, 5) is 0. The molecule has 0 radical (unpaired) electrons. The lowest BCUT2D eigenvalue weighted by Crippen LogP contribution is -2.44. The molecule has 2 atom stereocenters. The average molecular weight is 381 g/mol. The number of ether oxygens (including phenoxy) is 1. The van der Waals surface area contributed by atoms with Gasteiger partial charge in [0, 0.05) is 22.9 Å². The largest absolute Gasteiger partial charge is 0.380 e. The van der Waals surface area contributed by atoms with Crippen LogP contribution in [-0.2, 0) is 4.74 Å². The Morgan fingerprint density at radius 3 is 3.05 bits per heavy atom. The maximum Gasteiger partial charge on any atom is 0.125 e. The van der Waals surface area contributed by atoms with E-state index in [-0.39, 0.29) is 11.4 Å². The van der Waals surface area contributed by atoms with Crippen LogP contribution in [0, 0.1) is 5.82 Å². The molecule has 1 spiro atoms. The Bertz CT molecular complexity index is 487. The van der Waals surface area contributed by atoms with Crippen LogP contribution in [0.15, 0.2) is 16.6 Å². The number of benzene rings is 1. The Morgan fingerprint density at radius 1 is 1.50 bits per heavy atom. The number of anilines is 1. The monoisotopic (exact) mass is 379 g/mol. The third-order valence-corrected chi connectivity index (χ3v) is 6.06. The normalized spacial score (nSPS) is 29.9. The van der Waals surface area contributed by atoms with Crippen molar-refractivity contribution in [2.24, 2.45) is 0 Å². The molecule has 0 aliphatic carbocycles. The van der Waals surface area contributed by atoms with Crippen molar-refractivity contribution in [3.63, 3.8) is 0 Å². The van der Waals surface area contributed by atoms with E-state index >= 15 is 0 Å². The van der Waals surface area contributed by atoms with Gasteiger partial charge in [-0.05, 0) is 53.1 Å². The Hall–Kier alpha value is 0.0300. The smallest absolute Gasteiger partial charge is 0.125 e. The lowest BCUT2D eigenvalue weighted by Gasteiger charge is -2.38. The molecule has 0 saturated carbocycles. The fourth-order valence-corrected chi connectivity index (χ4v) is 5.20. The van der Waals surface area contributed by atoms with Crippen molar-refractivity contribution in [1.29, 1.82) is 0 Å². The van der Waals surface area contributed by atoms with Crippen LogP contribution in [-0.4, -0.2) is 29.8 Å². The molecule has 1 aromatic rings. The predicted octanol–water partition coefficient (Wildman–Crippen LogP) is 4.71. The van der Waals surface area contributed by atoms with Gasteiger partial charge in [-0.1, -0.05) is 11.6 Å². The van der Waals surface area contributed by atoms with Crippen molar-refractivity contribution < 1.29 is 9.13 Å². The van der Waals surface area contributed by atoms with Gasteiger partial charge in [0.25, 0.3) is 0 Å². The fourth-order valence-electron chi connectivity index (χ4n) is 2.90. The molecule has 2 unspecified atom stereocenters. The van der Waals surface area contributed by atoms with Gasteiger partial charge in [0.1, 0.15) is 5.82 Å². The Morgan fingerprint density at radius 2 is 2.35 bits per heavy atom. The first-order valence-corrected chi connectivity index (χ1v) is 9.03. The van der Waals surface area contributed by atoms with Crippen LogP contribution < -0.4 is 5.32 Å². The molecule has 6 heteroatoms. The molecule has 2 saturated heterocycles. The summed E-state index contributed by atoms with van der Waals surface area (Å²) in [6.07, 6.45) is 3.06. The van der Waals surface area contributed by atoms with Crippen molar-refractivity contribution in [3.05, 3.63) is 27.4 Å². The maximum atomic E-state index is 13.3. The van der Waals surface area contributed by atoms with Gasteiger partial charge in [0.2, 0.25) is 0 Å². The van der Waals surface area contributed by atoms with Gasteiger partial charge in [-0.2, -0.15) is 11.8 Å². The minimum Gasteiger partial charge on any atom is -0.380 e. The van der Waals surface area contributed by atoms with Crippen LogP contribution in [0.5, 0.6) is 0 Å². The SMILES string of the molecule is Fc1cc(Cl)c(NC2CCOC3(CCSC3)C2)c(Br)c1. The van der Waals surface area contributed by atoms with Crippen molar-refractivity contribution in [2.45, 2.75) is 30.9 Å². The lowest BCUT2D eigenvalue weighted by molar-refractivity contribution is -0.0628. The predicted molar refractivity (Wildman–Crippen MR) is 86.4 cm³/mol. The van der Waals surface area contributed by atoms with Crippen molar-refractivity contribution >= 4 is 45.0 Å². The summed E-state index contributed by atoms with van der Waals surface area (Å²) in [5.74, 6) is 1.92. The summed E-state index contributed by atoms with van der Waals surface area (Å²) in [7, 11) is 0. The number of rotatable bonds is 2. The topological polar surface area (TPSA) is 21.3 Å². The van der Waals surface area contributed by atoms with Crippen LogP contribution in [0.1, 0.15) is 19.3 Å². The highest BCUT2D eigenvalue weighted by atomic mass is 79.9. The molecule has 1 aromatic carbocycles. The summed E-state index contributed by atoms with van der Waals surface area (Å²) in [5, 5.41) is 3.88. The molecule has 0 amide bonds. The van der Waals surface area contributed by atoms with E-state index < -0.39 is 0 Å². The standard InChI is InChI=1S/C14H16BrClFNOS/c15-11-5-9(17)6-12(16)13(11)18-10-1-3-19-14(7-10)2-4-20-8-14/h5-6,10,18H,1-4,7-8H2. The Labute approximate surface area is 135 Å². The van der Waals surface area contributed by atoms with Crippen LogP contribution in [0.4, 0.5) is 10.1 Å². The third kappa shape index (κ3) is 3.11. The van der Waals surface area contributed by atoms with Gasteiger partial charge < -0.3 is 10.1 Å². The van der Waals surface area contributed by atoms with Crippen molar-refractivity contribution in [3.8, 4) is 0 Å². The average Bonchev–Trinajstić information content (AvgIpc) is 2.82. The first-order chi connectivity index (χ1) is 9.58. The molecule has 2 aliphatic heterocycles. The Kier molecular flexibility index (Phi) is 4.51. The number of hydrogen-bond donors (Lipinski definition) is 1. The highest BCUT2D eigenvalue weighted by molar-refractivity contribution is 9.10. The Balaban J connectivity index is 1.74. The molecule has 2 aliphatic rings. The second kappa shape index (κ2) is 6.03. The summed E-state index contributed by atoms with van der Waals surface area (Å²) >= 11 is 11.5. The number of halogens is 3. The second-order valence-corrected chi connectivity index (χ2v) is 7.78. The first-order valence-electron chi connectivity index (χ1n) is 6.71. The molecule has 1 N–H and O–H groups in total. The summed E-state index contributed by atoms with van der Waals surface area (Å²) in [6, 6.07) is 3.10. The summed E-state index contributed by atoms with van der Waals surface area (Å²) < 4.78 is 19.9. The zero-order valence-electron chi connectivity index (χ0n) is 10.9. The van der Waals surface area contributed by atoms with E-state index in [4.69, 9.17) is 16.3 Å². The van der Waals surface area contributed by atoms with E-state index in [0.717, 1.165) is 37.3 Å². The number of hydrogen-bond acceptors (Lipinski definition) is 3. The van der Waals surface area contributed by atoms with E-state index in [9.17, 15) is 4.39 Å². The zero-order valence-corrected chi connectivity index (χ0v) is 14.1.